The average molecular weight is 291 g/mol. The third-order valence-electron chi connectivity index (χ3n) is 2.64. The number of nitrogens with one attached hydrogen (secondary N) is 1. The number of amides is 1. The molecule has 0 bridgehead atoms. The Morgan fingerprint density at radius 2 is 2.10 bits per heavy atom. The van der Waals surface area contributed by atoms with Crippen LogP contribution in [0.2, 0.25) is 0 Å². The fourth-order valence-electron chi connectivity index (χ4n) is 1.60. The van der Waals surface area contributed by atoms with Gasteiger partial charge in [0, 0.05) is 18.2 Å². The van der Waals surface area contributed by atoms with E-state index in [-0.39, 0.29) is 12.5 Å². The average Bonchev–Trinajstić information content (AvgIpc) is 2.41. The first-order valence-electron chi connectivity index (χ1n) is 6.79. The number of carbonyl (C=O) groups excluding carboxylic acids is 1. The van der Waals surface area contributed by atoms with Crippen LogP contribution in [-0.4, -0.2) is 30.1 Å². The zero-order valence-corrected chi connectivity index (χ0v) is 12.6. The lowest BCUT2D eigenvalue weighted by Crippen LogP contribution is -2.31. The lowest BCUT2D eigenvalue weighted by atomic mass is 10.1. The van der Waals surface area contributed by atoms with Gasteiger partial charge in [-0.3, -0.25) is 4.79 Å². The van der Waals surface area contributed by atoms with Crippen molar-refractivity contribution in [1.29, 1.82) is 0 Å². The molecule has 0 aliphatic rings. The number of benzene rings is 1. The van der Waals surface area contributed by atoms with Crippen LogP contribution in [0.25, 0.3) is 6.08 Å². The molecule has 0 aliphatic carbocycles. The molecule has 0 aliphatic heterocycles. The van der Waals surface area contributed by atoms with Crippen LogP contribution in [0.15, 0.2) is 24.3 Å². The Balaban J connectivity index is 2.70. The van der Waals surface area contributed by atoms with Gasteiger partial charge in [0.1, 0.15) is 5.75 Å². The molecule has 5 heteroatoms. The van der Waals surface area contributed by atoms with E-state index in [1.54, 1.807) is 12.1 Å². The number of ether oxygens (including phenoxy) is 1. The van der Waals surface area contributed by atoms with E-state index in [9.17, 15) is 9.59 Å². The Morgan fingerprint density at radius 1 is 1.38 bits per heavy atom. The summed E-state index contributed by atoms with van der Waals surface area (Å²) in [5.74, 6) is -0.366. The summed E-state index contributed by atoms with van der Waals surface area (Å²) in [5, 5.41) is 11.4. The molecular weight excluding hydrogens is 270 g/mol. The maximum absolute atomic E-state index is 11.6. The van der Waals surface area contributed by atoms with Crippen molar-refractivity contribution in [1.82, 2.24) is 5.32 Å². The molecule has 1 aromatic carbocycles. The SMILES string of the molecule is Cc1ccc(OCC(=O)NCC(C)C)c(C=CC(=O)O)c1. The molecule has 114 valence electrons. The van der Waals surface area contributed by atoms with E-state index in [1.165, 1.54) is 6.08 Å². The lowest BCUT2D eigenvalue weighted by molar-refractivity contribution is -0.131. The van der Waals surface area contributed by atoms with E-state index in [0.717, 1.165) is 11.6 Å². The van der Waals surface area contributed by atoms with Gasteiger partial charge in [-0.25, -0.2) is 4.79 Å². The number of carboxylic acids is 1. The Kier molecular flexibility index (Phi) is 6.46. The number of hydrogen-bond acceptors (Lipinski definition) is 3. The van der Waals surface area contributed by atoms with E-state index in [1.807, 2.05) is 26.8 Å². The maximum Gasteiger partial charge on any atom is 0.328 e. The Labute approximate surface area is 124 Å². The highest BCUT2D eigenvalue weighted by molar-refractivity contribution is 5.86. The summed E-state index contributed by atoms with van der Waals surface area (Å²) in [6, 6.07) is 5.38. The van der Waals surface area contributed by atoms with Crippen LogP contribution in [0.5, 0.6) is 5.75 Å². The summed E-state index contributed by atoms with van der Waals surface area (Å²) in [6.45, 7) is 6.43. The number of aliphatic carboxylic acids is 1. The molecule has 2 N–H and O–H groups in total. The van der Waals surface area contributed by atoms with Crippen molar-refractivity contribution in [3.8, 4) is 5.75 Å². The topological polar surface area (TPSA) is 75.6 Å². The summed E-state index contributed by atoms with van der Waals surface area (Å²) in [4.78, 5) is 22.2. The standard InChI is InChI=1S/C16H21NO4/c1-11(2)9-17-15(18)10-21-14-6-4-12(3)8-13(14)5-7-16(19)20/h4-8,11H,9-10H2,1-3H3,(H,17,18)(H,19,20). The Bertz CT molecular complexity index is 535. The number of hydrogen-bond donors (Lipinski definition) is 2. The molecule has 1 rings (SSSR count). The quantitative estimate of drug-likeness (QED) is 0.755. The van der Waals surface area contributed by atoms with Gasteiger partial charge in [-0.1, -0.05) is 25.5 Å². The molecule has 1 aromatic rings. The third kappa shape index (κ3) is 6.61. The number of carboxylic acid groups (broad SMARTS) is 1. The second kappa shape index (κ2) is 8.09. The van der Waals surface area contributed by atoms with Crippen molar-refractivity contribution in [3.05, 3.63) is 35.4 Å². The van der Waals surface area contributed by atoms with Gasteiger partial charge >= 0.3 is 5.97 Å². The molecule has 0 fully saturated rings. The maximum atomic E-state index is 11.6. The fourth-order valence-corrected chi connectivity index (χ4v) is 1.60. The van der Waals surface area contributed by atoms with Crippen LogP contribution in [0.1, 0.15) is 25.0 Å². The molecule has 0 aromatic heterocycles. The first-order valence-corrected chi connectivity index (χ1v) is 6.79. The normalized spacial score (nSPS) is 10.9. The van der Waals surface area contributed by atoms with Gasteiger partial charge in [-0.05, 0) is 31.1 Å². The number of carbonyl (C=O) groups is 2. The molecule has 0 atom stereocenters. The largest absolute Gasteiger partial charge is 0.483 e. The van der Waals surface area contributed by atoms with Crippen molar-refractivity contribution >= 4 is 18.0 Å². The summed E-state index contributed by atoms with van der Waals surface area (Å²) >= 11 is 0. The second-order valence-electron chi connectivity index (χ2n) is 5.20. The van der Waals surface area contributed by atoms with Gasteiger partial charge in [0.2, 0.25) is 0 Å². The summed E-state index contributed by atoms with van der Waals surface area (Å²) in [7, 11) is 0. The van der Waals surface area contributed by atoms with Crippen LogP contribution in [0.3, 0.4) is 0 Å². The van der Waals surface area contributed by atoms with E-state index < -0.39 is 5.97 Å². The third-order valence-corrected chi connectivity index (χ3v) is 2.64. The van der Waals surface area contributed by atoms with Crippen molar-refractivity contribution in [2.24, 2.45) is 5.92 Å². The van der Waals surface area contributed by atoms with Crippen LogP contribution >= 0.6 is 0 Å². The van der Waals surface area contributed by atoms with E-state index in [2.05, 4.69) is 5.32 Å². The van der Waals surface area contributed by atoms with Gasteiger partial charge in [0.05, 0.1) is 0 Å². The molecule has 0 heterocycles. The van der Waals surface area contributed by atoms with Crippen molar-refractivity contribution in [2.45, 2.75) is 20.8 Å². The molecule has 21 heavy (non-hydrogen) atoms. The predicted octanol–water partition coefficient (Wildman–Crippen LogP) is 2.24. The van der Waals surface area contributed by atoms with Gasteiger partial charge in [0.25, 0.3) is 5.91 Å². The predicted molar refractivity (Wildman–Crippen MR) is 81.2 cm³/mol. The minimum absolute atomic E-state index is 0.0936. The van der Waals surface area contributed by atoms with Crippen LogP contribution in [-0.2, 0) is 9.59 Å². The fraction of sp³-hybridized carbons (Fsp3) is 0.375. The highest BCUT2D eigenvalue weighted by Crippen LogP contribution is 2.21. The minimum Gasteiger partial charge on any atom is -0.483 e. The van der Waals surface area contributed by atoms with Gasteiger partial charge in [0.15, 0.2) is 6.61 Å². The van der Waals surface area contributed by atoms with Crippen LogP contribution in [0.4, 0.5) is 0 Å². The molecular formula is C16H21NO4. The molecule has 0 radical (unpaired) electrons. The highest BCUT2D eigenvalue weighted by Gasteiger charge is 2.06. The highest BCUT2D eigenvalue weighted by atomic mass is 16.5. The van der Waals surface area contributed by atoms with E-state index >= 15 is 0 Å². The number of aryl methyl sites for hydroxylation is 1. The zero-order chi connectivity index (χ0) is 15.8. The zero-order valence-electron chi connectivity index (χ0n) is 12.6. The van der Waals surface area contributed by atoms with E-state index in [0.29, 0.717) is 23.8 Å². The summed E-state index contributed by atoms with van der Waals surface area (Å²) in [6.07, 6.45) is 2.50. The van der Waals surface area contributed by atoms with Gasteiger partial charge in [-0.15, -0.1) is 0 Å². The number of rotatable bonds is 7. The van der Waals surface area contributed by atoms with Gasteiger partial charge < -0.3 is 15.2 Å². The first kappa shape index (κ1) is 16.8. The van der Waals surface area contributed by atoms with Crippen molar-refractivity contribution in [3.63, 3.8) is 0 Å². The monoisotopic (exact) mass is 291 g/mol. The van der Waals surface area contributed by atoms with Crippen LogP contribution in [0, 0.1) is 12.8 Å². The summed E-state index contributed by atoms with van der Waals surface area (Å²) < 4.78 is 5.46. The molecule has 1 amide bonds. The summed E-state index contributed by atoms with van der Waals surface area (Å²) in [5.41, 5.74) is 1.62. The van der Waals surface area contributed by atoms with Crippen molar-refractivity contribution < 1.29 is 19.4 Å². The van der Waals surface area contributed by atoms with Gasteiger partial charge in [-0.2, -0.15) is 0 Å². The lowest BCUT2D eigenvalue weighted by Gasteiger charge is -2.11. The minimum atomic E-state index is -1.03. The molecule has 0 saturated carbocycles. The van der Waals surface area contributed by atoms with Crippen LogP contribution < -0.4 is 10.1 Å². The second-order valence-corrected chi connectivity index (χ2v) is 5.20. The molecule has 0 saturated heterocycles. The molecule has 5 nitrogen and oxygen atoms in total. The molecule has 0 unspecified atom stereocenters. The van der Waals surface area contributed by atoms with E-state index in [4.69, 9.17) is 9.84 Å². The Hall–Kier alpha value is -2.30. The Morgan fingerprint density at radius 3 is 2.71 bits per heavy atom. The molecule has 0 spiro atoms. The smallest absolute Gasteiger partial charge is 0.328 e. The first-order chi connectivity index (χ1) is 9.88. The van der Waals surface area contributed by atoms with Crippen molar-refractivity contribution in [2.75, 3.05) is 13.2 Å².